The van der Waals surface area contributed by atoms with Gasteiger partial charge in [0.05, 0.1) is 0 Å². The molecule has 6 nitrogen and oxygen atoms in total. The molecule has 1 atom stereocenters. The second-order valence-electron chi connectivity index (χ2n) is 5.20. The molecule has 19 heavy (non-hydrogen) atoms. The lowest BCUT2D eigenvalue weighted by Crippen LogP contribution is -2.27. The highest BCUT2D eigenvalue weighted by Crippen LogP contribution is 2.31. The summed E-state index contributed by atoms with van der Waals surface area (Å²) in [6, 6.07) is 0.197. The average Bonchev–Trinajstić information content (AvgIpc) is 3.08. The van der Waals surface area contributed by atoms with E-state index in [0.29, 0.717) is 10.7 Å². The van der Waals surface area contributed by atoms with Crippen molar-refractivity contribution in [3.05, 3.63) is 4.88 Å². The molecule has 3 heterocycles. The van der Waals surface area contributed by atoms with Crippen molar-refractivity contribution in [2.24, 2.45) is 5.73 Å². The van der Waals surface area contributed by atoms with Crippen LogP contribution in [0.3, 0.4) is 0 Å². The third-order valence-electron chi connectivity index (χ3n) is 3.72. The molecule has 1 aromatic heterocycles. The van der Waals surface area contributed by atoms with Gasteiger partial charge in [-0.1, -0.05) is 11.3 Å². The number of nitrogens with two attached hydrogens (primary N) is 2. The number of hydrogen-bond donors (Lipinski definition) is 2. The van der Waals surface area contributed by atoms with E-state index in [4.69, 9.17) is 11.5 Å². The molecule has 2 fully saturated rings. The lowest BCUT2D eigenvalue weighted by molar-refractivity contribution is 0.0798. The molecular formula is C12H19N5OS. The molecule has 104 valence electrons. The van der Waals surface area contributed by atoms with E-state index in [-0.39, 0.29) is 11.9 Å². The molecule has 2 aliphatic heterocycles. The van der Waals surface area contributed by atoms with Crippen LogP contribution in [0, 0.1) is 0 Å². The van der Waals surface area contributed by atoms with Crippen LogP contribution in [-0.2, 0) is 0 Å². The molecule has 1 amide bonds. The van der Waals surface area contributed by atoms with E-state index in [1.54, 1.807) is 0 Å². The molecule has 0 bridgehead atoms. The third kappa shape index (κ3) is 2.40. The van der Waals surface area contributed by atoms with Crippen LogP contribution in [0.4, 0.5) is 10.9 Å². The van der Waals surface area contributed by atoms with E-state index < -0.39 is 0 Å². The van der Waals surface area contributed by atoms with E-state index in [1.807, 2.05) is 4.90 Å². The van der Waals surface area contributed by atoms with Gasteiger partial charge >= 0.3 is 0 Å². The van der Waals surface area contributed by atoms with Crippen molar-refractivity contribution in [3.63, 3.8) is 0 Å². The smallest absolute Gasteiger partial charge is 0.267 e. The number of amides is 1. The van der Waals surface area contributed by atoms with Crippen LogP contribution < -0.4 is 16.4 Å². The van der Waals surface area contributed by atoms with Crippen molar-refractivity contribution >= 4 is 28.2 Å². The first-order valence-electron chi connectivity index (χ1n) is 6.71. The molecule has 4 N–H and O–H groups in total. The lowest BCUT2D eigenvalue weighted by atomic mass is 10.3. The minimum atomic E-state index is 0.0299. The Hall–Kier alpha value is -1.34. The molecule has 3 rings (SSSR count). The predicted molar refractivity (Wildman–Crippen MR) is 76.5 cm³/mol. The molecule has 7 heteroatoms. The lowest BCUT2D eigenvalue weighted by Gasteiger charge is -2.14. The van der Waals surface area contributed by atoms with Crippen LogP contribution >= 0.6 is 11.3 Å². The molecule has 1 aromatic rings. The van der Waals surface area contributed by atoms with Gasteiger partial charge in [-0.15, -0.1) is 0 Å². The van der Waals surface area contributed by atoms with Crippen molar-refractivity contribution in [1.82, 2.24) is 9.88 Å². The van der Waals surface area contributed by atoms with Gasteiger partial charge in [0.1, 0.15) is 10.7 Å². The van der Waals surface area contributed by atoms with Crippen LogP contribution in [-0.4, -0.2) is 48.0 Å². The number of nitrogens with zero attached hydrogens (tertiary/aromatic N) is 3. The molecule has 0 aromatic carbocycles. The third-order valence-corrected chi connectivity index (χ3v) is 4.84. The molecule has 1 unspecified atom stereocenters. The molecule has 0 radical (unpaired) electrons. The second-order valence-corrected chi connectivity index (χ2v) is 6.18. The van der Waals surface area contributed by atoms with Crippen molar-refractivity contribution in [3.8, 4) is 0 Å². The Kier molecular flexibility index (Phi) is 3.32. The molecule has 2 aliphatic rings. The van der Waals surface area contributed by atoms with E-state index in [1.165, 1.54) is 11.3 Å². The first-order valence-corrected chi connectivity index (χ1v) is 7.53. The van der Waals surface area contributed by atoms with E-state index >= 15 is 0 Å². The van der Waals surface area contributed by atoms with Gasteiger partial charge in [0.2, 0.25) is 0 Å². The summed E-state index contributed by atoms with van der Waals surface area (Å²) in [6.07, 6.45) is 3.13. The van der Waals surface area contributed by atoms with Gasteiger partial charge in [-0.3, -0.25) is 4.79 Å². The molecular weight excluding hydrogens is 262 g/mol. The Morgan fingerprint density at radius 2 is 2.05 bits per heavy atom. The summed E-state index contributed by atoms with van der Waals surface area (Å²) in [4.78, 5) is 21.2. The topological polar surface area (TPSA) is 88.5 Å². The molecule has 2 saturated heterocycles. The van der Waals surface area contributed by atoms with E-state index in [0.717, 1.165) is 50.6 Å². The highest BCUT2D eigenvalue weighted by Gasteiger charge is 2.27. The maximum Gasteiger partial charge on any atom is 0.267 e. The fourth-order valence-electron chi connectivity index (χ4n) is 2.63. The zero-order valence-electron chi connectivity index (χ0n) is 10.8. The van der Waals surface area contributed by atoms with Crippen molar-refractivity contribution in [1.29, 1.82) is 0 Å². The quantitative estimate of drug-likeness (QED) is 0.824. The Bertz CT molecular complexity index is 482. The van der Waals surface area contributed by atoms with Gasteiger partial charge in [0, 0.05) is 32.2 Å². The molecule has 0 spiro atoms. The number of nitrogen functional groups attached to an aromatic ring is 1. The fraction of sp³-hybridized carbons (Fsp3) is 0.667. The summed E-state index contributed by atoms with van der Waals surface area (Å²) in [5, 5.41) is 0.827. The number of rotatable bonds is 2. The minimum absolute atomic E-state index is 0.0299. The van der Waals surface area contributed by atoms with Crippen LogP contribution in [0.15, 0.2) is 0 Å². The monoisotopic (exact) mass is 281 g/mol. The highest BCUT2D eigenvalue weighted by molar-refractivity contribution is 7.18. The number of anilines is 2. The van der Waals surface area contributed by atoms with Gasteiger partial charge in [-0.05, 0) is 19.3 Å². The largest absolute Gasteiger partial charge is 0.382 e. The Balaban J connectivity index is 1.79. The maximum absolute atomic E-state index is 12.3. The van der Waals surface area contributed by atoms with E-state index in [2.05, 4.69) is 9.88 Å². The Labute approximate surface area is 116 Å². The normalized spacial score (nSPS) is 23.3. The SMILES string of the molecule is Nc1nc(N2CCC(N)C2)sc1C(=O)N1CCCC1. The number of aromatic nitrogens is 1. The predicted octanol–water partition coefficient (Wildman–Crippen LogP) is 0.499. The second kappa shape index (κ2) is 4.97. The summed E-state index contributed by atoms with van der Waals surface area (Å²) < 4.78 is 0. The summed E-state index contributed by atoms with van der Waals surface area (Å²) in [7, 11) is 0. The van der Waals surface area contributed by atoms with Crippen molar-refractivity contribution in [2.45, 2.75) is 25.3 Å². The van der Waals surface area contributed by atoms with Gasteiger partial charge in [0.25, 0.3) is 5.91 Å². The number of thiazole rings is 1. The van der Waals surface area contributed by atoms with Crippen molar-refractivity contribution in [2.75, 3.05) is 36.8 Å². The Morgan fingerprint density at radius 3 is 2.68 bits per heavy atom. The Morgan fingerprint density at radius 1 is 1.32 bits per heavy atom. The van der Waals surface area contributed by atoms with Crippen LogP contribution in [0.25, 0.3) is 0 Å². The van der Waals surface area contributed by atoms with Gasteiger partial charge in [0.15, 0.2) is 5.13 Å². The number of hydrogen-bond acceptors (Lipinski definition) is 6. The average molecular weight is 281 g/mol. The number of likely N-dealkylation sites (tertiary alicyclic amines) is 1. The van der Waals surface area contributed by atoms with Gasteiger partial charge in [-0.25, -0.2) is 4.98 Å². The summed E-state index contributed by atoms with van der Waals surface area (Å²) in [6.45, 7) is 3.36. The summed E-state index contributed by atoms with van der Waals surface area (Å²) >= 11 is 1.40. The zero-order valence-corrected chi connectivity index (χ0v) is 11.7. The van der Waals surface area contributed by atoms with E-state index in [9.17, 15) is 4.79 Å². The molecule has 0 saturated carbocycles. The van der Waals surface area contributed by atoms with Crippen molar-refractivity contribution < 1.29 is 4.79 Å². The standard InChI is InChI=1S/C12H19N5OS/c13-8-3-6-17(7-8)12-15-10(14)9(19-12)11(18)16-4-1-2-5-16/h8H,1-7,13-14H2. The van der Waals surface area contributed by atoms with Crippen LogP contribution in [0.2, 0.25) is 0 Å². The molecule has 0 aliphatic carbocycles. The van der Waals surface area contributed by atoms with Gasteiger partial charge in [-0.2, -0.15) is 0 Å². The minimum Gasteiger partial charge on any atom is -0.382 e. The fourth-order valence-corrected chi connectivity index (χ4v) is 3.62. The van der Waals surface area contributed by atoms with Crippen LogP contribution in [0.1, 0.15) is 28.9 Å². The first-order chi connectivity index (χ1) is 9.15. The number of carbonyl (C=O) groups is 1. The number of carbonyl (C=O) groups excluding carboxylic acids is 1. The summed E-state index contributed by atoms with van der Waals surface area (Å²) in [5.74, 6) is 0.389. The van der Waals surface area contributed by atoms with Gasteiger partial charge < -0.3 is 21.3 Å². The zero-order chi connectivity index (χ0) is 13.4. The highest BCUT2D eigenvalue weighted by atomic mass is 32.1. The maximum atomic E-state index is 12.3. The first kappa shape index (κ1) is 12.7. The summed E-state index contributed by atoms with van der Waals surface area (Å²) in [5.41, 5.74) is 11.8. The van der Waals surface area contributed by atoms with Crippen LogP contribution in [0.5, 0.6) is 0 Å².